The van der Waals surface area contributed by atoms with Gasteiger partial charge in [-0.1, -0.05) is 97.9 Å². The van der Waals surface area contributed by atoms with Crippen molar-refractivity contribution in [1.82, 2.24) is 19.9 Å². The Bertz CT molecular complexity index is 2240. The monoisotopic (exact) mass is 595 g/mol. The van der Waals surface area contributed by atoms with Crippen molar-refractivity contribution in [2.45, 2.75) is 13.3 Å². The average Bonchev–Trinajstić information content (AvgIpc) is 3.93. The standard InChI is InChI=1S/C41H33N5/c1-2-26-42-41-36-24-22-34(45-36)39(28-14-8-4-9-15-28)32-20-18-30(43-32)38(27-12-6-3-7-13-27)31-19-21-33(44-31)40(29-16-10-5-11-17-29)35-23-25-37(41)46-35/h3-25,42-43,46H,2,26H2,1H3. The van der Waals surface area contributed by atoms with Crippen molar-refractivity contribution in [1.29, 1.82) is 0 Å². The van der Waals surface area contributed by atoms with Gasteiger partial charge in [0.25, 0.3) is 0 Å². The van der Waals surface area contributed by atoms with Gasteiger partial charge in [-0.15, -0.1) is 0 Å². The summed E-state index contributed by atoms with van der Waals surface area (Å²) in [4.78, 5) is 18.1. The molecule has 3 aromatic carbocycles. The van der Waals surface area contributed by atoms with E-state index in [9.17, 15) is 0 Å². The van der Waals surface area contributed by atoms with Gasteiger partial charge < -0.3 is 15.3 Å². The lowest BCUT2D eigenvalue weighted by atomic mass is 10.0. The Labute approximate surface area is 268 Å². The van der Waals surface area contributed by atoms with Crippen LogP contribution in [0.4, 0.5) is 5.69 Å². The van der Waals surface area contributed by atoms with Crippen LogP contribution in [0.3, 0.4) is 0 Å². The molecule has 0 atom stereocenters. The third-order valence-corrected chi connectivity index (χ3v) is 8.49. The zero-order valence-corrected chi connectivity index (χ0v) is 25.6. The second kappa shape index (κ2) is 11.9. The normalized spacial score (nSPS) is 12.0. The fourth-order valence-corrected chi connectivity index (χ4v) is 6.37. The number of anilines is 1. The van der Waals surface area contributed by atoms with Crippen molar-refractivity contribution in [2.24, 2.45) is 0 Å². The number of nitrogens with one attached hydrogen (secondary N) is 3. The number of rotatable bonds is 6. The maximum absolute atomic E-state index is 5.32. The highest BCUT2D eigenvalue weighted by molar-refractivity contribution is 5.98. The maximum atomic E-state index is 5.32. The van der Waals surface area contributed by atoms with Crippen LogP contribution in [-0.4, -0.2) is 26.5 Å². The second-order valence-corrected chi connectivity index (χ2v) is 11.5. The number of nitrogens with zero attached hydrogens (tertiary/aromatic N) is 2. The van der Waals surface area contributed by atoms with E-state index in [2.05, 4.69) is 144 Å². The molecule has 0 unspecified atom stereocenters. The first-order valence-corrected chi connectivity index (χ1v) is 15.8. The molecule has 8 rings (SSSR count). The summed E-state index contributed by atoms with van der Waals surface area (Å²) in [5, 5.41) is 3.68. The van der Waals surface area contributed by atoms with Crippen molar-refractivity contribution >= 4 is 52.1 Å². The van der Waals surface area contributed by atoms with Crippen LogP contribution in [0, 0.1) is 0 Å². The SMILES string of the molecule is CCCNc1c2nc(c(-c3ccccc3)c3ccc([nH]3)c(-c3ccccc3)c3nc(c(-c4ccccc4)c4ccc1[nH]4)C=C3)C=C2. The van der Waals surface area contributed by atoms with Crippen LogP contribution in [0.5, 0.6) is 0 Å². The number of hydrogen-bond donors (Lipinski definition) is 3. The molecule has 5 heterocycles. The lowest BCUT2D eigenvalue weighted by Crippen LogP contribution is -2.02. The van der Waals surface area contributed by atoms with Gasteiger partial charge in [-0.2, -0.15) is 0 Å². The predicted molar refractivity (Wildman–Crippen MR) is 194 cm³/mol. The van der Waals surface area contributed by atoms with Crippen LogP contribution < -0.4 is 5.32 Å². The smallest absolute Gasteiger partial charge is 0.0890 e. The summed E-state index contributed by atoms with van der Waals surface area (Å²) >= 11 is 0. The first kappa shape index (κ1) is 27.6. The second-order valence-electron chi connectivity index (χ2n) is 11.5. The van der Waals surface area contributed by atoms with Crippen LogP contribution in [-0.2, 0) is 0 Å². The summed E-state index contributed by atoms with van der Waals surface area (Å²) in [6, 6.07) is 40.1. The first-order chi connectivity index (χ1) is 22.8. The summed E-state index contributed by atoms with van der Waals surface area (Å²) in [5.41, 5.74) is 15.1. The molecule has 46 heavy (non-hydrogen) atoms. The molecule has 0 radical (unpaired) electrons. The molecule has 2 aliphatic heterocycles. The summed E-state index contributed by atoms with van der Waals surface area (Å²) in [5.74, 6) is 0. The van der Waals surface area contributed by atoms with Crippen LogP contribution in [0.25, 0.3) is 79.8 Å². The largest absolute Gasteiger partial charge is 0.382 e. The van der Waals surface area contributed by atoms with Gasteiger partial charge >= 0.3 is 0 Å². The molecule has 8 bridgehead atoms. The van der Waals surface area contributed by atoms with E-state index in [-0.39, 0.29) is 0 Å². The topological polar surface area (TPSA) is 69.4 Å². The zero-order chi connectivity index (χ0) is 30.9. The van der Waals surface area contributed by atoms with E-state index in [0.29, 0.717) is 0 Å². The van der Waals surface area contributed by atoms with Crippen molar-refractivity contribution < 1.29 is 0 Å². The molecule has 5 nitrogen and oxygen atoms in total. The van der Waals surface area contributed by atoms with Gasteiger partial charge in [-0.05, 0) is 71.7 Å². The van der Waals surface area contributed by atoms with Crippen LogP contribution in [0.15, 0.2) is 115 Å². The molecule has 0 spiro atoms. The van der Waals surface area contributed by atoms with Crippen LogP contribution in [0.1, 0.15) is 36.1 Å². The van der Waals surface area contributed by atoms with Gasteiger partial charge in [0.05, 0.1) is 34.0 Å². The molecule has 5 heteroatoms. The summed E-state index contributed by atoms with van der Waals surface area (Å²) in [6.45, 7) is 3.01. The predicted octanol–water partition coefficient (Wildman–Crippen LogP) is 10.5. The number of H-pyrrole nitrogens is 2. The molecular formula is C41H33N5. The minimum Gasteiger partial charge on any atom is -0.382 e. The molecular weight excluding hydrogens is 562 g/mol. The van der Waals surface area contributed by atoms with E-state index in [4.69, 9.17) is 9.97 Å². The maximum Gasteiger partial charge on any atom is 0.0890 e. The Kier molecular flexibility index (Phi) is 7.12. The summed E-state index contributed by atoms with van der Waals surface area (Å²) in [7, 11) is 0. The molecule has 0 amide bonds. The Morgan fingerprint density at radius 1 is 0.457 bits per heavy atom. The average molecular weight is 596 g/mol. The fourth-order valence-electron chi connectivity index (χ4n) is 6.37. The van der Waals surface area contributed by atoms with Crippen molar-refractivity contribution in [2.75, 3.05) is 11.9 Å². The van der Waals surface area contributed by atoms with Gasteiger partial charge in [0.15, 0.2) is 0 Å². The Hall–Kier alpha value is -5.94. The number of fused-ring (bicyclic) bond motifs is 8. The molecule has 0 saturated heterocycles. The van der Waals surface area contributed by atoms with E-state index in [1.165, 1.54) is 0 Å². The summed E-state index contributed by atoms with van der Waals surface area (Å²) < 4.78 is 0. The molecule has 6 aromatic rings. The van der Waals surface area contributed by atoms with E-state index in [1.807, 2.05) is 18.2 Å². The van der Waals surface area contributed by atoms with Crippen LogP contribution in [0.2, 0.25) is 0 Å². The number of benzene rings is 3. The molecule has 0 saturated carbocycles. The number of aromatic nitrogens is 4. The van der Waals surface area contributed by atoms with Gasteiger partial charge in [0.2, 0.25) is 0 Å². The first-order valence-electron chi connectivity index (χ1n) is 15.8. The third-order valence-electron chi connectivity index (χ3n) is 8.49. The molecule has 3 N–H and O–H groups in total. The Morgan fingerprint density at radius 2 is 0.826 bits per heavy atom. The molecule has 2 aliphatic rings. The lowest BCUT2D eigenvalue weighted by molar-refractivity contribution is 0.979. The molecule has 0 aliphatic carbocycles. The van der Waals surface area contributed by atoms with Gasteiger partial charge in [0.1, 0.15) is 0 Å². The highest BCUT2D eigenvalue weighted by atomic mass is 14.9. The highest BCUT2D eigenvalue weighted by Gasteiger charge is 2.18. The van der Waals surface area contributed by atoms with Gasteiger partial charge in [-0.3, -0.25) is 0 Å². The fraction of sp³-hybridized carbons (Fsp3) is 0.0732. The van der Waals surface area contributed by atoms with Crippen molar-refractivity contribution in [3.63, 3.8) is 0 Å². The van der Waals surface area contributed by atoms with Gasteiger partial charge in [-0.25, -0.2) is 9.97 Å². The highest BCUT2D eigenvalue weighted by Crippen LogP contribution is 2.37. The quantitative estimate of drug-likeness (QED) is 0.179. The Morgan fingerprint density at radius 3 is 1.26 bits per heavy atom. The van der Waals surface area contributed by atoms with Crippen molar-refractivity contribution in [3.05, 3.63) is 138 Å². The van der Waals surface area contributed by atoms with E-state index >= 15 is 0 Å². The lowest BCUT2D eigenvalue weighted by Gasteiger charge is -2.07. The minimum atomic E-state index is 0.836. The Balaban J connectivity index is 1.55. The minimum absolute atomic E-state index is 0.836. The van der Waals surface area contributed by atoms with Crippen LogP contribution >= 0.6 is 0 Å². The zero-order valence-electron chi connectivity index (χ0n) is 25.6. The van der Waals surface area contributed by atoms with E-state index < -0.39 is 0 Å². The number of aromatic amines is 2. The number of hydrogen-bond acceptors (Lipinski definition) is 3. The summed E-state index contributed by atoms with van der Waals surface area (Å²) in [6.07, 6.45) is 9.51. The molecule has 3 aromatic heterocycles. The van der Waals surface area contributed by atoms with Crippen molar-refractivity contribution in [3.8, 4) is 33.4 Å². The molecule has 0 fully saturated rings. The molecule has 222 valence electrons. The van der Waals surface area contributed by atoms with E-state index in [1.54, 1.807) is 0 Å². The third kappa shape index (κ3) is 5.02. The van der Waals surface area contributed by atoms with E-state index in [0.717, 1.165) is 96.9 Å². The van der Waals surface area contributed by atoms with Gasteiger partial charge in [0, 0.05) is 39.8 Å².